The second-order valence-electron chi connectivity index (χ2n) is 8.56. The summed E-state index contributed by atoms with van der Waals surface area (Å²) in [5.74, 6) is 0.522. The van der Waals surface area contributed by atoms with Crippen LogP contribution in [0.25, 0.3) is 33.7 Å². The van der Waals surface area contributed by atoms with Gasteiger partial charge in [-0.15, -0.1) is 0 Å². The SMILES string of the molecule is Cc1cc(C)c(-n2nc(C)c3ncn(-c4ccc(-c5ccccc5C)cn4)c(=O)c32)cc1C. The molecule has 0 fully saturated rings. The number of pyridine rings is 1. The van der Waals surface area contributed by atoms with Crippen molar-refractivity contribution in [1.82, 2.24) is 24.3 Å². The number of hydrogen-bond acceptors (Lipinski definition) is 4. The Bertz CT molecular complexity index is 1580. The van der Waals surface area contributed by atoms with Crippen LogP contribution < -0.4 is 5.56 Å². The smallest absolute Gasteiger partial charge is 0.266 e. The van der Waals surface area contributed by atoms with Crippen molar-refractivity contribution in [3.63, 3.8) is 0 Å². The van der Waals surface area contributed by atoms with Crippen LogP contribution >= 0.6 is 0 Å². The molecule has 3 aromatic heterocycles. The molecule has 0 N–H and O–H groups in total. The Morgan fingerprint density at radius 3 is 2.27 bits per heavy atom. The van der Waals surface area contributed by atoms with Gasteiger partial charge in [0.05, 0.1) is 11.4 Å². The minimum absolute atomic E-state index is 0.200. The average Bonchev–Trinajstić information content (AvgIpc) is 3.14. The lowest BCUT2D eigenvalue weighted by atomic mass is 10.0. The molecule has 6 heteroatoms. The van der Waals surface area contributed by atoms with Crippen molar-refractivity contribution in [2.45, 2.75) is 34.6 Å². The van der Waals surface area contributed by atoms with E-state index >= 15 is 0 Å². The number of aromatic nitrogens is 5. The zero-order valence-electron chi connectivity index (χ0n) is 19.4. The highest BCUT2D eigenvalue weighted by Gasteiger charge is 2.18. The maximum absolute atomic E-state index is 13.6. The molecule has 0 aliphatic rings. The maximum atomic E-state index is 13.6. The van der Waals surface area contributed by atoms with Gasteiger partial charge in [-0.2, -0.15) is 5.10 Å². The lowest BCUT2D eigenvalue weighted by Gasteiger charge is -2.11. The molecule has 0 saturated heterocycles. The summed E-state index contributed by atoms with van der Waals surface area (Å²) in [5, 5.41) is 4.67. The number of benzene rings is 2. The van der Waals surface area contributed by atoms with Crippen LogP contribution in [0.4, 0.5) is 0 Å². The van der Waals surface area contributed by atoms with Gasteiger partial charge in [0.1, 0.15) is 17.7 Å². The first-order valence-electron chi connectivity index (χ1n) is 10.9. The standard InChI is InChI=1S/C27H25N5O/c1-16-8-6-7-9-22(16)21-10-11-24(28-14-21)31-15-29-25-20(5)30-32(26(25)27(31)33)23-13-18(3)17(2)12-19(23)4/h6-15H,1-5H3. The largest absolute Gasteiger partial charge is 0.285 e. The highest BCUT2D eigenvalue weighted by molar-refractivity contribution is 5.79. The summed E-state index contributed by atoms with van der Waals surface area (Å²) >= 11 is 0. The fourth-order valence-corrected chi connectivity index (χ4v) is 4.24. The number of hydrogen-bond donors (Lipinski definition) is 0. The number of nitrogens with zero attached hydrogens (tertiary/aromatic N) is 5. The second-order valence-corrected chi connectivity index (χ2v) is 8.56. The van der Waals surface area contributed by atoms with Gasteiger partial charge in [0.15, 0.2) is 5.52 Å². The van der Waals surface area contributed by atoms with E-state index in [-0.39, 0.29) is 5.56 Å². The third-order valence-electron chi connectivity index (χ3n) is 6.24. The van der Waals surface area contributed by atoms with Crippen LogP contribution in [0.5, 0.6) is 0 Å². The van der Waals surface area contributed by atoms with E-state index < -0.39 is 0 Å². The molecule has 0 radical (unpaired) electrons. The van der Waals surface area contributed by atoms with Gasteiger partial charge in [0.2, 0.25) is 0 Å². The summed E-state index contributed by atoms with van der Waals surface area (Å²) in [5.41, 5.74) is 9.17. The molecule has 3 heterocycles. The van der Waals surface area contributed by atoms with E-state index in [0.29, 0.717) is 16.9 Å². The molecule has 0 spiro atoms. The summed E-state index contributed by atoms with van der Waals surface area (Å²) in [6, 6.07) is 16.2. The van der Waals surface area contributed by atoms with Crippen molar-refractivity contribution >= 4 is 11.0 Å². The highest BCUT2D eigenvalue weighted by Crippen LogP contribution is 2.25. The van der Waals surface area contributed by atoms with Crippen LogP contribution in [-0.4, -0.2) is 24.3 Å². The molecule has 0 unspecified atom stereocenters. The van der Waals surface area contributed by atoms with Gasteiger partial charge in [0, 0.05) is 11.8 Å². The molecule has 0 aliphatic heterocycles. The molecule has 0 aliphatic carbocycles. The zero-order chi connectivity index (χ0) is 23.3. The quantitative estimate of drug-likeness (QED) is 0.392. The molecule has 0 atom stereocenters. The maximum Gasteiger partial charge on any atom is 0.285 e. The molecule has 6 nitrogen and oxygen atoms in total. The van der Waals surface area contributed by atoms with Crippen LogP contribution in [0.3, 0.4) is 0 Å². The van der Waals surface area contributed by atoms with E-state index in [0.717, 1.165) is 33.6 Å². The fraction of sp³-hybridized carbons (Fsp3) is 0.185. The minimum Gasteiger partial charge on any atom is -0.266 e. The van der Waals surface area contributed by atoms with E-state index in [2.05, 4.69) is 60.1 Å². The summed E-state index contributed by atoms with van der Waals surface area (Å²) < 4.78 is 3.21. The normalized spacial score (nSPS) is 11.3. The molecule has 0 amide bonds. The Morgan fingerprint density at radius 1 is 0.788 bits per heavy atom. The second kappa shape index (κ2) is 7.81. The molecule has 0 bridgehead atoms. The summed E-state index contributed by atoms with van der Waals surface area (Å²) in [4.78, 5) is 22.8. The van der Waals surface area contributed by atoms with Crippen LogP contribution in [0, 0.1) is 34.6 Å². The number of fused-ring (bicyclic) bond motifs is 1. The van der Waals surface area contributed by atoms with E-state index in [1.807, 2.05) is 38.1 Å². The van der Waals surface area contributed by atoms with Crippen molar-refractivity contribution in [2.75, 3.05) is 0 Å². The van der Waals surface area contributed by atoms with Crippen molar-refractivity contribution in [3.05, 3.63) is 99.4 Å². The molecule has 5 rings (SSSR count). The molecular weight excluding hydrogens is 410 g/mol. The van der Waals surface area contributed by atoms with Crippen molar-refractivity contribution in [1.29, 1.82) is 0 Å². The Morgan fingerprint density at radius 2 is 1.55 bits per heavy atom. The molecular formula is C27H25N5O. The lowest BCUT2D eigenvalue weighted by Crippen LogP contribution is -2.22. The Balaban J connectivity index is 1.67. The van der Waals surface area contributed by atoms with E-state index in [1.54, 1.807) is 10.9 Å². The first-order chi connectivity index (χ1) is 15.8. The summed E-state index contributed by atoms with van der Waals surface area (Å²) in [6.45, 7) is 10.1. The van der Waals surface area contributed by atoms with Crippen LogP contribution in [-0.2, 0) is 0 Å². The fourth-order valence-electron chi connectivity index (χ4n) is 4.24. The van der Waals surface area contributed by atoms with Gasteiger partial charge in [-0.1, -0.05) is 30.3 Å². The third-order valence-corrected chi connectivity index (χ3v) is 6.24. The van der Waals surface area contributed by atoms with Crippen LogP contribution in [0.2, 0.25) is 0 Å². The van der Waals surface area contributed by atoms with Gasteiger partial charge in [0.25, 0.3) is 5.56 Å². The molecule has 5 aromatic rings. The predicted molar refractivity (Wildman–Crippen MR) is 131 cm³/mol. The van der Waals surface area contributed by atoms with E-state index in [1.165, 1.54) is 22.0 Å². The van der Waals surface area contributed by atoms with Crippen LogP contribution in [0.15, 0.2) is 65.8 Å². The first-order valence-corrected chi connectivity index (χ1v) is 10.9. The summed E-state index contributed by atoms with van der Waals surface area (Å²) in [7, 11) is 0. The number of rotatable bonds is 3. The Kier molecular flexibility index (Phi) is 4.93. The summed E-state index contributed by atoms with van der Waals surface area (Å²) in [6.07, 6.45) is 3.33. The van der Waals surface area contributed by atoms with E-state index in [9.17, 15) is 4.79 Å². The third kappa shape index (κ3) is 3.44. The highest BCUT2D eigenvalue weighted by atomic mass is 16.1. The zero-order valence-corrected chi connectivity index (χ0v) is 19.4. The van der Waals surface area contributed by atoms with Gasteiger partial charge in [-0.25, -0.2) is 19.2 Å². The topological polar surface area (TPSA) is 65.6 Å². The predicted octanol–water partition coefficient (Wildman–Crippen LogP) is 5.18. The Hall–Kier alpha value is -4.06. The van der Waals surface area contributed by atoms with Gasteiger partial charge in [-0.3, -0.25) is 4.79 Å². The molecule has 33 heavy (non-hydrogen) atoms. The van der Waals surface area contributed by atoms with Gasteiger partial charge >= 0.3 is 0 Å². The van der Waals surface area contributed by atoms with Gasteiger partial charge < -0.3 is 0 Å². The monoisotopic (exact) mass is 435 g/mol. The van der Waals surface area contributed by atoms with Crippen molar-refractivity contribution < 1.29 is 0 Å². The van der Waals surface area contributed by atoms with Crippen LogP contribution in [0.1, 0.15) is 27.9 Å². The molecule has 164 valence electrons. The van der Waals surface area contributed by atoms with E-state index in [4.69, 9.17) is 0 Å². The first kappa shape index (κ1) is 20.8. The minimum atomic E-state index is -0.200. The molecule has 0 saturated carbocycles. The average molecular weight is 436 g/mol. The van der Waals surface area contributed by atoms with Crippen molar-refractivity contribution in [3.8, 4) is 22.6 Å². The lowest BCUT2D eigenvalue weighted by molar-refractivity contribution is 0.859. The molecule has 2 aromatic carbocycles. The Labute approximate surface area is 192 Å². The van der Waals surface area contributed by atoms with Gasteiger partial charge in [-0.05, 0) is 80.6 Å². The number of aryl methyl sites for hydroxylation is 5. The van der Waals surface area contributed by atoms with Crippen molar-refractivity contribution in [2.24, 2.45) is 0 Å².